The summed E-state index contributed by atoms with van der Waals surface area (Å²) in [6.45, 7) is 0. The first kappa shape index (κ1) is 12.0. The molecule has 0 bridgehead atoms. The normalized spacial score (nSPS) is 41.0. The highest BCUT2D eigenvalue weighted by molar-refractivity contribution is 5.16. The van der Waals surface area contributed by atoms with Crippen molar-refractivity contribution >= 4 is 0 Å². The Kier molecular flexibility index (Phi) is 3.92. The summed E-state index contributed by atoms with van der Waals surface area (Å²) in [6.07, 6.45) is 17.9. The SMILES string of the molecule is C#C[C@@]1(O)CCCCCCCCC[C@H]2C[C@@H]21. The molecule has 1 heteroatoms. The predicted octanol–water partition coefficient (Wildman–Crippen LogP) is 3.51. The van der Waals surface area contributed by atoms with Crippen molar-refractivity contribution in [1.29, 1.82) is 0 Å². The quantitative estimate of drug-likeness (QED) is 0.619. The minimum atomic E-state index is -0.774. The number of hydrogen-bond acceptors (Lipinski definition) is 1. The molecular weight excluding hydrogens is 196 g/mol. The molecule has 0 aliphatic heterocycles. The van der Waals surface area contributed by atoms with E-state index in [4.69, 9.17) is 6.42 Å². The van der Waals surface area contributed by atoms with Crippen LogP contribution in [0.4, 0.5) is 0 Å². The second kappa shape index (κ2) is 5.23. The fraction of sp³-hybridized carbons (Fsp3) is 0.867. The maximum absolute atomic E-state index is 10.4. The third-order valence-electron chi connectivity index (χ3n) is 4.42. The number of fused-ring (bicyclic) bond motifs is 1. The van der Waals surface area contributed by atoms with Crippen LogP contribution >= 0.6 is 0 Å². The van der Waals surface area contributed by atoms with E-state index in [2.05, 4.69) is 5.92 Å². The summed E-state index contributed by atoms with van der Waals surface area (Å²) in [7, 11) is 0. The van der Waals surface area contributed by atoms with E-state index in [1.165, 1.54) is 51.4 Å². The Morgan fingerprint density at radius 3 is 2.31 bits per heavy atom. The molecule has 0 aromatic rings. The van der Waals surface area contributed by atoms with Crippen molar-refractivity contribution in [3.8, 4) is 12.3 Å². The van der Waals surface area contributed by atoms with E-state index in [0.717, 1.165) is 18.8 Å². The van der Waals surface area contributed by atoms with Gasteiger partial charge in [0.25, 0.3) is 0 Å². The van der Waals surface area contributed by atoms with Gasteiger partial charge in [-0.15, -0.1) is 6.42 Å². The smallest absolute Gasteiger partial charge is 0.128 e. The van der Waals surface area contributed by atoms with Crippen molar-refractivity contribution in [3.63, 3.8) is 0 Å². The van der Waals surface area contributed by atoms with E-state index in [-0.39, 0.29) is 0 Å². The van der Waals surface area contributed by atoms with E-state index >= 15 is 0 Å². The van der Waals surface area contributed by atoms with Crippen LogP contribution in [0, 0.1) is 24.2 Å². The Balaban J connectivity index is 1.91. The van der Waals surface area contributed by atoms with Crippen molar-refractivity contribution in [1.82, 2.24) is 0 Å². The highest BCUT2D eigenvalue weighted by atomic mass is 16.3. The standard InChI is InChI=1S/C15H24O/c1-2-15(16)11-9-7-5-3-4-6-8-10-13-12-14(13)15/h1,13-14,16H,3-12H2/t13-,14-,15+/m0/s1. The van der Waals surface area contributed by atoms with E-state index in [1.54, 1.807) is 0 Å². The fourth-order valence-corrected chi connectivity index (χ4v) is 3.20. The molecule has 2 fully saturated rings. The van der Waals surface area contributed by atoms with Gasteiger partial charge in [0, 0.05) is 5.92 Å². The second-order valence-corrected chi connectivity index (χ2v) is 5.68. The Bertz CT molecular complexity index is 265. The first-order valence-corrected chi connectivity index (χ1v) is 6.96. The molecule has 1 N–H and O–H groups in total. The van der Waals surface area contributed by atoms with Gasteiger partial charge >= 0.3 is 0 Å². The van der Waals surface area contributed by atoms with Crippen LogP contribution in [0.3, 0.4) is 0 Å². The van der Waals surface area contributed by atoms with Gasteiger partial charge < -0.3 is 5.11 Å². The molecular formula is C15H24O. The molecule has 0 unspecified atom stereocenters. The van der Waals surface area contributed by atoms with Crippen LogP contribution in [-0.2, 0) is 0 Å². The van der Waals surface area contributed by atoms with E-state index in [9.17, 15) is 5.11 Å². The number of aliphatic hydroxyl groups is 1. The van der Waals surface area contributed by atoms with Crippen molar-refractivity contribution in [3.05, 3.63) is 0 Å². The van der Waals surface area contributed by atoms with Gasteiger partial charge in [0.05, 0.1) is 0 Å². The molecule has 0 aromatic carbocycles. The van der Waals surface area contributed by atoms with Crippen LogP contribution in [0.25, 0.3) is 0 Å². The molecule has 0 spiro atoms. The summed E-state index contributed by atoms with van der Waals surface area (Å²) >= 11 is 0. The Morgan fingerprint density at radius 2 is 1.62 bits per heavy atom. The lowest BCUT2D eigenvalue weighted by atomic mass is 9.89. The maximum atomic E-state index is 10.4. The van der Waals surface area contributed by atoms with Gasteiger partial charge in [0.2, 0.25) is 0 Å². The average molecular weight is 220 g/mol. The minimum Gasteiger partial charge on any atom is -0.377 e. The lowest BCUT2D eigenvalue weighted by Crippen LogP contribution is -2.30. The van der Waals surface area contributed by atoms with Crippen molar-refractivity contribution in [2.45, 2.75) is 69.8 Å². The van der Waals surface area contributed by atoms with Gasteiger partial charge in [-0.3, -0.25) is 0 Å². The lowest BCUT2D eigenvalue weighted by Gasteiger charge is -2.23. The van der Waals surface area contributed by atoms with Crippen molar-refractivity contribution < 1.29 is 5.11 Å². The zero-order valence-corrected chi connectivity index (χ0v) is 10.3. The minimum absolute atomic E-state index is 0.414. The Labute approximate surface area is 99.6 Å². The van der Waals surface area contributed by atoms with Gasteiger partial charge in [0.15, 0.2) is 0 Å². The second-order valence-electron chi connectivity index (χ2n) is 5.68. The van der Waals surface area contributed by atoms with Crippen LogP contribution in [0.5, 0.6) is 0 Å². The van der Waals surface area contributed by atoms with Crippen LogP contribution in [0.2, 0.25) is 0 Å². The van der Waals surface area contributed by atoms with Crippen LogP contribution < -0.4 is 0 Å². The van der Waals surface area contributed by atoms with Crippen molar-refractivity contribution in [2.75, 3.05) is 0 Å². The van der Waals surface area contributed by atoms with E-state index in [1.807, 2.05) is 0 Å². The van der Waals surface area contributed by atoms with E-state index < -0.39 is 5.60 Å². The highest BCUT2D eigenvalue weighted by Crippen LogP contribution is 2.51. The summed E-state index contributed by atoms with van der Waals surface area (Å²) < 4.78 is 0. The first-order chi connectivity index (χ1) is 7.76. The van der Waals surface area contributed by atoms with Gasteiger partial charge in [-0.25, -0.2) is 0 Å². The number of hydrogen-bond donors (Lipinski definition) is 1. The van der Waals surface area contributed by atoms with Crippen LogP contribution in [0.1, 0.15) is 64.2 Å². The van der Waals surface area contributed by atoms with E-state index in [0.29, 0.717) is 5.92 Å². The van der Waals surface area contributed by atoms with Gasteiger partial charge in [-0.1, -0.05) is 50.9 Å². The van der Waals surface area contributed by atoms with Crippen molar-refractivity contribution in [2.24, 2.45) is 11.8 Å². The number of terminal acetylenes is 1. The molecule has 3 atom stereocenters. The molecule has 2 aliphatic carbocycles. The van der Waals surface area contributed by atoms with Crippen LogP contribution in [0.15, 0.2) is 0 Å². The summed E-state index contributed by atoms with van der Waals surface area (Å²) in [5.41, 5.74) is -0.774. The molecule has 2 aliphatic rings. The molecule has 0 aromatic heterocycles. The summed E-state index contributed by atoms with van der Waals surface area (Å²) in [4.78, 5) is 0. The molecule has 2 rings (SSSR count). The molecule has 0 amide bonds. The molecule has 90 valence electrons. The zero-order valence-electron chi connectivity index (χ0n) is 10.3. The number of rotatable bonds is 0. The lowest BCUT2D eigenvalue weighted by molar-refractivity contribution is 0.0591. The fourth-order valence-electron chi connectivity index (χ4n) is 3.20. The summed E-state index contributed by atoms with van der Waals surface area (Å²) in [6, 6.07) is 0. The molecule has 1 nitrogen and oxygen atoms in total. The largest absolute Gasteiger partial charge is 0.377 e. The molecule has 16 heavy (non-hydrogen) atoms. The van der Waals surface area contributed by atoms with Crippen LogP contribution in [-0.4, -0.2) is 10.7 Å². The van der Waals surface area contributed by atoms with Gasteiger partial charge in [-0.05, 0) is 25.2 Å². The highest BCUT2D eigenvalue weighted by Gasteiger charge is 2.49. The summed E-state index contributed by atoms with van der Waals surface area (Å²) in [5, 5.41) is 10.4. The Hall–Kier alpha value is -0.480. The first-order valence-electron chi connectivity index (χ1n) is 6.96. The van der Waals surface area contributed by atoms with Gasteiger partial charge in [-0.2, -0.15) is 0 Å². The predicted molar refractivity (Wildman–Crippen MR) is 66.9 cm³/mol. The monoisotopic (exact) mass is 220 g/mol. The Morgan fingerprint density at radius 1 is 1.00 bits per heavy atom. The maximum Gasteiger partial charge on any atom is 0.128 e. The topological polar surface area (TPSA) is 20.2 Å². The van der Waals surface area contributed by atoms with Gasteiger partial charge in [0.1, 0.15) is 5.60 Å². The molecule has 0 saturated heterocycles. The molecule has 2 saturated carbocycles. The average Bonchev–Trinajstić information content (AvgIpc) is 3.05. The zero-order chi connectivity index (χ0) is 11.4. The third-order valence-corrected chi connectivity index (χ3v) is 4.42. The molecule has 0 radical (unpaired) electrons. The third kappa shape index (κ3) is 2.80. The molecule has 0 heterocycles. The summed E-state index contributed by atoms with van der Waals surface area (Å²) in [5.74, 6) is 3.82.